The van der Waals surface area contributed by atoms with Crippen LogP contribution in [0.5, 0.6) is 0 Å². The third-order valence-electron chi connectivity index (χ3n) is 4.35. The van der Waals surface area contributed by atoms with E-state index in [0.29, 0.717) is 6.04 Å². The van der Waals surface area contributed by atoms with Crippen LogP contribution in [0.2, 0.25) is 5.02 Å². The Labute approximate surface area is 138 Å². The molecule has 0 saturated carbocycles. The molecule has 1 N–H and O–H groups in total. The average molecular weight is 315 g/mol. The maximum atomic E-state index is 6.03. The Bertz CT molecular complexity index is 562. The van der Waals surface area contributed by atoms with E-state index in [1.165, 1.54) is 37.1 Å². The Kier molecular flexibility index (Phi) is 5.49. The Hall–Kier alpha value is -1.35. The van der Waals surface area contributed by atoms with E-state index in [4.69, 9.17) is 11.6 Å². The van der Waals surface area contributed by atoms with Gasteiger partial charge in [-0.25, -0.2) is 0 Å². The molecule has 1 aliphatic rings. The first-order valence-corrected chi connectivity index (χ1v) is 8.45. The maximum Gasteiger partial charge on any atom is 0.0472 e. The molecule has 2 nitrogen and oxygen atoms in total. The van der Waals surface area contributed by atoms with Crippen molar-refractivity contribution in [3.05, 3.63) is 70.7 Å². The Morgan fingerprint density at radius 2 is 1.64 bits per heavy atom. The molecule has 0 radical (unpaired) electrons. The number of nitrogens with one attached hydrogen (secondary N) is 1. The molecule has 1 aliphatic heterocycles. The van der Waals surface area contributed by atoms with Crippen molar-refractivity contribution < 1.29 is 0 Å². The van der Waals surface area contributed by atoms with Crippen molar-refractivity contribution in [2.75, 3.05) is 19.6 Å². The largest absolute Gasteiger partial charge is 0.311 e. The van der Waals surface area contributed by atoms with E-state index < -0.39 is 0 Å². The molecule has 1 heterocycles. The minimum Gasteiger partial charge on any atom is -0.311 e. The van der Waals surface area contributed by atoms with Gasteiger partial charge in [-0.05, 0) is 49.2 Å². The topological polar surface area (TPSA) is 15.3 Å². The molecule has 1 fully saturated rings. The van der Waals surface area contributed by atoms with Gasteiger partial charge in [0.2, 0.25) is 0 Å². The van der Waals surface area contributed by atoms with Crippen molar-refractivity contribution in [2.45, 2.75) is 25.4 Å². The summed E-state index contributed by atoms with van der Waals surface area (Å²) in [5.41, 5.74) is 2.69. The standard InChI is InChI=1S/C19H23ClN2/c20-18-10-8-17(9-11-18)19(22-12-4-5-13-22)15-21-14-16-6-2-1-3-7-16/h1-3,6-11,19,21H,4-5,12-15H2. The molecule has 1 unspecified atom stereocenters. The van der Waals surface area contributed by atoms with Crippen molar-refractivity contribution >= 4 is 11.6 Å². The Morgan fingerprint density at radius 3 is 2.32 bits per heavy atom. The second-order valence-electron chi connectivity index (χ2n) is 5.93. The van der Waals surface area contributed by atoms with Crippen LogP contribution in [-0.4, -0.2) is 24.5 Å². The van der Waals surface area contributed by atoms with Crippen LogP contribution in [0.25, 0.3) is 0 Å². The van der Waals surface area contributed by atoms with Gasteiger partial charge in [0.05, 0.1) is 0 Å². The number of halogens is 1. The van der Waals surface area contributed by atoms with Crippen LogP contribution in [0, 0.1) is 0 Å². The molecule has 22 heavy (non-hydrogen) atoms. The molecule has 0 spiro atoms. The van der Waals surface area contributed by atoms with E-state index in [1.54, 1.807) is 0 Å². The van der Waals surface area contributed by atoms with Gasteiger partial charge in [0.1, 0.15) is 0 Å². The molecular formula is C19H23ClN2. The third-order valence-corrected chi connectivity index (χ3v) is 4.60. The quantitative estimate of drug-likeness (QED) is 0.856. The van der Waals surface area contributed by atoms with Crippen molar-refractivity contribution in [3.63, 3.8) is 0 Å². The summed E-state index contributed by atoms with van der Waals surface area (Å²) in [5.74, 6) is 0. The molecule has 2 aromatic carbocycles. The first-order chi connectivity index (χ1) is 10.8. The van der Waals surface area contributed by atoms with Crippen LogP contribution in [0.3, 0.4) is 0 Å². The third kappa shape index (κ3) is 4.10. The predicted octanol–water partition coefficient (Wildman–Crippen LogP) is 4.27. The summed E-state index contributed by atoms with van der Waals surface area (Å²) in [6.45, 7) is 4.27. The Morgan fingerprint density at radius 1 is 0.955 bits per heavy atom. The van der Waals surface area contributed by atoms with E-state index in [2.05, 4.69) is 52.7 Å². The lowest BCUT2D eigenvalue weighted by Crippen LogP contribution is -2.34. The summed E-state index contributed by atoms with van der Waals surface area (Å²) in [7, 11) is 0. The summed E-state index contributed by atoms with van der Waals surface area (Å²) in [4.78, 5) is 2.58. The second-order valence-corrected chi connectivity index (χ2v) is 6.36. The van der Waals surface area contributed by atoms with Gasteiger partial charge in [-0.3, -0.25) is 4.90 Å². The first kappa shape index (κ1) is 15.5. The summed E-state index contributed by atoms with van der Waals surface area (Å²) < 4.78 is 0. The number of hydrogen-bond donors (Lipinski definition) is 1. The van der Waals surface area contributed by atoms with E-state index in [1.807, 2.05) is 12.1 Å². The summed E-state index contributed by atoms with van der Waals surface area (Å²) >= 11 is 6.03. The van der Waals surface area contributed by atoms with E-state index in [-0.39, 0.29) is 0 Å². The molecule has 2 aromatic rings. The van der Waals surface area contributed by atoms with Gasteiger partial charge in [-0.15, -0.1) is 0 Å². The van der Waals surface area contributed by atoms with Gasteiger partial charge in [0.25, 0.3) is 0 Å². The van der Waals surface area contributed by atoms with Crippen LogP contribution < -0.4 is 5.32 Å². The van der Waals surface area contributed by atoms with Gasteiger partial charge >= 0.3 is 0 Å². The molecule has 0 aromatic heterocycles. The van der Waals surface area contributed by atoms with Crippen LogP contribution in [0.1, 0.15) is 30.0 Å². The molecule has 116 valence electrons. The van der Waals surface area contributed by atoms with Gasteiger partial charge in [-0.1, -0.05) is 54.1 Å². The highest BCUT2D eigenvalue weighted by atomic mass is 35.5. The summed E-state index contributed by atoms with van der Waals surface area (Å²) in [6, 6.07) is 19.3. The highest BCUT2D eigenvalue weighted by Gasteiger charge is 2.22. The van der Waals surface area contributed by atoms with E-state index in [0.717, 1.165) is 18.1 Å². The highest BCUT2D eigenvalue weighted by molar-refractivity contribution is 6.30. The Balaban J connectivity index is 1.64. The zero-order chi connectivity index (χ0) is 15.2. The van der Waals surface area contributed by atoms with Gasteiger partial charge in [-0.2, -0.15) is 0 Å². The minimum atomic E-state index is 0.434. The van der Waals surface area contributed by atoms with Crippen molar-refractivity contribution in [2.24, 2.45) is 0 Å². The molecule has 1 saturated heterocycles. The number of rotatable bonds is 6. The van der Waals surface area contributed by atoms with Crippen molar-refractivity contribution in [3.8, 4) is 0 Å². The molecule has 0 aliphatic carbocycles. The molecule has 0 bridgehead atoms. The van der Waals surface area contributed by atoms with Gasteiger partial charge in [0.15, 0.2) is 0 Å². The van der Waals surface area contributed by atoms with Crippen LogP contribution in [0.15, 0.2) is 54.6 Å². The first-order valence-electron chi connectivity index (χ1n) is 8.07. The smallest absolute Gasteiger partial charge is 0.0472 e. The fourth-order valence-electron chi connectivity index (χ4n) is 3.15. The normalized spacial score (nSPS) is 16.8. The number of likely N-dealkylation sites (tertiary alicyclic amines) is 1. The summed E-state index contributed by atoms with van der Waals surface area (Å²) in [6.07, 6.45) is 2.62. The SMILES string of the molecule is Clc1ccc(C(CNCc2ccccc2)N2CCCC2)cc1. The molecular weight excluding hydrogens is 292 g/mol. The zero-order valence-electron chi connectivity index (χ0n) is 12.8. The van der Waals surface area contributed by atoms with Crippen molar-refractivity contribution in [1.29, 1.82) is 0 Å². The monoisotopic (exact) mass is 314 g/mol. The highest BCUT2D eigenvalue weighted by Crippen LogP contribution is 2.25. The predicted molar refractivity (Wildman–Crippen MR) is 93.1 cm³/mol. The molecule has 1 atom stereocenters. The van der Waals surface area contributed by atoms with Gasteiger partial charge in [0, 0.05) is 24.2 Å². The van der Waals surface area contributed by atoms with Crippen molar-refractivity contribution in [1.82, 2.24) is 10.2 Å². The average Bonchev–Trinajstić information content (AvgIpc) is 3.08. The minimum absolute atomic E-state index is 0.434. The molecule has 0 amide bonds. The lowest BCUT2D eigenvalue weighted by atomic mass is 10.1. The van der Waals surface area contributed by atoms with E-state index >= 15 is 0 Å². The lowest BCUT2D eigenvalue weighted by molar-refractivity contribution is 0.238. The number of nitrogens with zero attached hydrogens (tertiary/aromatic N) is 1. The zero-order valence-corrected chi connectivity index (χ0v) is 13.6. The van der Waals surface area contributed by atoms with E-state index in [9.17, 15) is 0 Å². The number of benzene rings is 2. The second kappa shape index (κ2) is 7.77. The van der Waals surface area contributed by atoms with Crippen LogP contribution in [-0.2, 0) is 6.54 Å². The van der Waals surface area contributed by atoms with Gasteiger partial charge < -0.3 is 5.32 Å². The number of hydrogen-bond acceptors (Lipinski definition) is 2. The molecule has 3 heteroatoms. The summed E-state index contributed by atoms with van der Waals surface area (Å²) in [5, 5.41) is 4.42. The molecule has 3 rings (SSSR count). The lowest BCUT2D eigenvalue weighted by Gasteiger charge is -2.28. The maximum absolute atomic E-state index is 6.03. The fourth-order valence-corrected chi connectivity index (χ4v) is 3.27. The fraction of sp³-hybridized carbons (Fsp3) is 0.368. The van der Waals surface area contributed by atoms with Crippen LogP contribution in [0.4, 0.5) is 0 Å². The van der Waals surface area contributed by atoms with Crippen LogP contribution >= 0.6 is 11.6 Å².